The van der Waals surface area contributed by atoms with Gasteiger partial charge >= 0.3 is 5.00 Å². The predicted octanol–water partition coefficient (Wildman–Crippen LogP) is 0.748. The minimum Gasteiger partial charge on any atom is -0.348 e. The van der Waals surface area contributed by atoms with Crippen molar-refractivity contribution in [2.75, 3.05) is 13.1 Å². The molecule has 2 rings (SSSR count). The Morgan fingerprint density at radius 3 is 3.06 bits per heavy atom. The van der Waals surface area contributed by atoms with Crippen LogP contribution in [-0.2, 0) is 0 Å². The van der Waals surface area contributed by atoms with Gasteiger partial charge in [-0.2, -0.15) is 0 Å². The van der Waals surface area contributed by atoms with Gasteiger partial charge in [0.05, 0.1) is 10.5 Å². The predicted molar refractivity (Wildman–Crippen MR) is 59.7 cm³/mol. The molecular formula is C9H11N3O3S. The van der Waals surface area contributed by atoms with Crippen molar-refractivity contribution in [2.45, 2.75) is 12.5 Å². The summed E-state index contributed by atoms with van der Waals surface area (Å²) in [7, 11) is 0. The van der Waals surface area contributed by atoms with Crippen molar-refractivity contribution in [3.63, 3.8) is 0 Å². The van der Waals surface area contributed by atoms with E-state index in [0.717, 1.165) is 30.8 Å². The van der Waals surface area contributed by atoms with Gasteiger partial charge in [0.1, 0.15) is 0 Å². The summed E-state index contributed by atoms with van der Waals surface area (Å²) in [5.41, 5.74) is 0.364. The van der Waals surface area contributed by atoms with Crippen molar-refractivity contribution < 1.29 is 9.72 Å². The van der Waals surface area contributed by atoms with Crippen LogP contribution in [0.4, 0.5) is 5.00 Å². The Balaban J connectivity index is 1.99. The molecule has 2 heterocycles. The van der Waals surface area contributed by atoms with Crippen molar-refractivity contribution in [3.05, 3.63) is 27.1 Å². The summed E-state index contributed by atoms with van der Waals surface area (Å²) in [5, 5.41) is 17.9. The SMILES string of the molecule is O=C(NC1CCNC1)c1csc([N+](=O)[O-])c1. The first-order valence-electron chi connectivity index (χ1n) is 4.91. The molecule has 1 fully saturated rings. The zero-order valence-electron chi connectivity index (χ0n) is 8.43. The fourth-order valence-corrected chi connectivity index (χ4v) is 2.29. The van der Waals surface area contributed by atoms with E-state index in [4.69, 9.17) is 0 Å². The van der Waals surface area contributed by atoms with Gasteiger partial charge in [-0.15, -0.1) is 0 Å². The van der Waals surface area contributed by atoms with E-state index in [0.29, 0.717) is 5.56 Å². The van der Waals surface area contributed by atoms with E-state index in [-0.39, 0.29) is 17.0 Å². The quantitative estimate of drug-likeness (QED) is 0.604. The minimum atomic E-state index is -0.488. The molecule has 0 spiro atoms. The van der Waals surface area contributed by atoms with Crippen LogP contribution in [0.25, 0.3) is 0 Å². The number of carbonyl (C=O) groups excluding carboxylic acids is 1. The van der Waals surface area contributed by atoms with Gasteiger partial charge in [-0.1, -0.05) is 11.3 Å². The molecule has 1 aliphatic rings. The van der Waals surface area contributed by atoms with Crippen LogP contribution in [0.5, 0.6) is 0 Å². The minimum absolute atomic E-state index is 0.00491. The van der Waals surface area contributed by atoms with Gasteiger partial charge < -0.3 is 10.6 Å². The highest BCUT2D eigenvalue weighted by Gasteiger charge is 2.20. The molecule has 1 atom stereocenters. The highest BCUT2D eigenvalue weighted by Crippen LogP contribution is 2.22. The van der Waals surface area contributed by atoms with Crippen molar-refractivity contribution in [1.82, 2.24) is 10.6 Å². The number of carbonyl (C=O) groups is 1. The molecule has 1 unspecified atom stereocenters. The van der Waals surface area contributed by atoms with E-state index >= 15 is 0 Å². The fraction of sp³-hybridized carbons (Fsp3) is 0.444. The Hall–Kier alpha value is -1.47. The number of nitro groups is 1. The Bertz CT molecular complexity index is 412. The lowest BCUT2D eigenvalue weighted by Gasteiger charge is -2.09. The second-order valence-electron chi connectivity index (χ2n) is 3.59. The standard InChI is InChI=1S/C9H11N3O3S/c13-9(11-7-1-2-10-4-7)6-3-8(12(14)15)16-5-6/h3,5,7,10H,1-2,4H2,(H,11,13). The van der Waals surface area contributed by atoms with Gasteiger partial charge in [0, 0.05) is 24.0 Å². The molecule has 2 N–H and O–H groups in total. The molecule has 0 aromatic carbocycles. The maximum Gasteiger partial charge on any atom is 0.324 e. The van der Waals surface area contributed by atoms with Crippen molar-refractivity contribution in [2.24, 2.45) is 0 Å². The molecule has 16 heavy (non-hydrogen) atoms. The van der Waals surface area contributed by atoms with Crippen LogP contribution in [0.15, 0.2) is 11.4 Å². The van der Waals surface area contributed by atoms with Crippen LogP contribution in [0.2, 0.25) is 0 Å². The van der Waals surface area contributed by atoms with E-state index in [1.165, 1.54) is 11.4 Å². The summed E-state index contributed by atoms with van der Waals surface area (Å²) in [6, 6.07) is 1.44. The molecule has 0 saturated carbocycles. The normalized spacial score (nSPS) is 19.6. The Kier molecular flexibility index (Phi) is 3.16. The first kappa shape index (κ1) is 11.0. The molecule has 0 bridgehead atoms. The third-order valence-electron chi connectivity index (χ3n) is 2.42. The number of amides is 1. The molecule has 1 aromatic heterocycles. The van der Waals surface area contributed by atoms with Crippen LogP contribution in [0, 0.1) is 10.1 Å². The zero-order valence-corrected chi connectivity index (χ0v) is 9.25. The van der Waals surface area contributed by atoms with Crippen LogP contribution in [0.1, 0.15) is 16.8 Å². The lowest BCUT2D eigenvalue weighted by Crippen LogP contribution is -2.35. The zero-order chi connectivity index (χ0) is 11.5. The number of thiophene rings is 1. The first-order chi connectivity index (χ1) is 7.66. The van der Waals surface area contributed by atoms with Gasteiger partial charge in [0.25, 0.3) is 5.91 Å². The van der Waals surface area contributed by atoms with Gasteiger partial charge in [-0.3, -0.25) is 14.9 Å². The largest absolute Gasteiger partial charge is 0.348 e. The highest BCUT2D eigenvalue weighted by atomic mass is 32.1. The molecule has 86 valence electrons. The number of rotatable bonds is 3. The maximum atomic E-state index is 11.7. The lowest BCUT2D eigenvalue weighted by molar-refractivity contribution is -0.380. The molecule has 6 nitrogen and oxygen atoms in total. The van der Waals surface area contributed by atoms with Crippen LogP contribution in [0.3, 0.4) is 0 Å². The topological polar surface area (TPSA) is 84.3 Å². The van der Waals surface area contributed by atoms with E-state index in [9.17, 15) is 14.9 Å². The number of hydrogen-bond donors (Lipinski definition) is 2. The third kappa shape index (κ3) is 2.37. The first-order valence-corrected chi connectivity index (χ1v) is 5.79. The summed E-state index contributed by atoms with van der Waals surface area (Å²) in [5.74, 6) is -0.238. The Labute approximate surface area is 95.8 Å². The summed E-state index contributed by atoms with van der Waals surface area (Å²) < 4.78 is 0. The third-order valence-corrected chi connectivity index (χ3v) is 3.30. The van der Waals surface area contributed by atoms with Crippen LogP contribution >= 0.6 is 11.3 Å². The fourth-order valence-electron chi connectivity index (χ4n) is 1.59. The molecule has 1 amide bonds. The Morgan fingerprint density at radius 1 is 1.69 bits per heavy atom. The lowest BCUT2D eigenvalue weighted by atomic mass is 10.2. The number of nitrogens with one attached hydrogen (secondary N) is 2. The average Bonchev–Trinajstić information content (AvgIpc) is 2.86. The smallest absolute Gasteiger partial charge is 0.324 e. The van der Waals surface area contributed by atoms with Gasteiger partial charge in [0.15, 0.2) is 0 Å². The summed E-state index contributed by atoms with van der Waals surface area (Å²) in [6.45, 7) is 1.66. The molecule has 1 aromatic rings. The molecule has 0 aliphatic carbocycles. The van der Waals surface area contributed by atoms with Gasteiger partial charge in [0.2, 0.25) is 0 Å². The summed E-state index contributed by atoms with van der Waals surface area (Å²) >= 11 is 0.968. The van der Waals surface area contributed by atoms with E-state index in [1.807, 2.05) is 0 Å². The Morgan fingerprint density at radius 2 is 2.50 bits per heavy atom. The highest BCUT2D eigenvalue weighted by molar-refractivity contribution is 7.13. The molecule has 7 heteroatoms. The van der Waals surface area contributed by atoms with Crippen molar-refractivity contribution in [3.8, 4) is 0 Å². The maximum absolute atomic E-state index is 11.7. The van der Waals surface area contributed by atoms with E-state index in [2.05, 4.69) is 10.6 Å². The summed E-state index contributed by atoms with van der Waals surface area (Å²) in [4.78, 5) is 21.6. The molecule has 1 saturated heterocycles. The number of hydrogen-bond acceptors (Lipinski definition) is 5. The van der Waals surface area contributed by atoms with E-state index < -0.39 is 4.92 Å². The summed E-state index contributed by atoms with van der Waals surface area (Å²) in [6.07, 6.45) is 0.901. The average molecular weight is 241 g/mol. The molecule has 1 aliphatic heterocycles. The molecular weight excluding hydrogens is 230 g/mol. The molecule has 0 radical (unpaired) electrons. The second kappa shape index (κ2) is 4.58. The van der Waals surface area contributed by atoms with Gasteiger partial charge in [-0.05, 0) is 13.0 Å². The van der Waals surface area contributed by atoms with Crippen LogP contribution < -0.4 is 10.6 Å². The number of nitrogens with zero attached hydrogens (tertiary/aromatic N) is 1. The van der Waals surface area contributed by atoms with Crippen molar-refractivity contribution in [1.29, 1.82) is 0 Å². The second-order valence-corrected chi connectivity index (χ2v) is 4.48. The van der Waals surface area contributed by atoms with Crippen molar-refractivity contribution >= 4 is 22.2 Å². The monoisotopic (exact) mass is 241 g/mol. The van der Waals surface area contributed by atoms with Gasteiger partial charge in [-0.25, -0.2) is 0 Å². The van der Waals surface area contributed by atoms with E-state index in [1.54, 1.807) is 0 Å². The van der Waals surface area contributed by atoms with Crippen LogP contribution in [-0.4, -0.2) is 30.0 Å².